The Bertz CT molecular complexity index is 495. The highest BCUT2D eigenvalue weighted by Crippen LogP contribution is 2.19. The molecule has 1 aliphatic rings. The molecule has 1 aromatic rings. The van der Waals surface area contributed by atoms with Crippen molar-refractivity contribution in [2.45, 2.75) is 19.9 Å². The monoisotopic (exact) mass is 449 g/mol. The molecule has 3 N–H and O–H groups in total. The lowest BCUT2D eigenvalue weighted by atomic mass is 10.2. The first-order valence-corrected chi connectivity index (χ1v) is 8.19. The standard InChI is InChI=1S/C16H27N5O2.HI/c1-2-22-10-4-7-19-16(17)20-13-14-5-3-6-18-15(14)21-8-11-23-12-9-21;/h3,5-6H,2,4,7-13H2,1H3,(H3,17,19,20);1H. The second-order valence-corrected chi connectivity index (χ2v) is 5.26. The molecule has 0 unspecified atom stereocenters. The molecule has 1 aliphatic heterocycles. The molecule has 0 aliphatic carbocycles. The Morgan fingerprint density at radius 1 is 1.46 bits per heavy atom. The third kappa shape index (κ3) is 7.18. The van der Waals surface area contributed by atoms with E-state index < -0.39 is 0 Å². The van der Waals surface area contributed by atoms with E-state index in [0.717, 1.165) is 63.9 Å². The van der Waals surface area contributed by atoms with Gasteiger partial charge in [-0.15, -0.1) is 24.0 Å². The zero-order chi connectivity index (χ0) is 16.3. The summed E-state index contributed by atoms with van der Waals surface area (Å²) in [4.78, 5) is 11.1. The summed E-state index contributed by atoms with van der Waals surface area (Å²) in [7, 11) is 0. The summed E-state index contributed by atoms with van der Waals surface area (Å²) in [6.07, 6.45) is 2.73. The average molecular weight is 449 g/mol. The van der Waals surface area contributed by atoms with Gasteiger partial charge in [0.2, 0.25) is 0 Å². The normalized spacial score (nSPS) is 15.0. The molecular formula is C16H28IN5O2. The number of ether oxygens (including phenoxy) is 2. The van der Waals surface area contributed by atoms with E-state index in [9.17, 15) is 0 Å². The van der Waals surface area contributed by atoms with Crippen molar-refractivity contribution in [1.82, 2.24) is 10.3 Å². The van der Waals surface area contributed by atoms with Crippen molar-refractivity contribution < 1.29 is 9.47 Å². The predicted octanol–water partition coefficient (Wildman–Crippen LogP) is 1.37. The average Bonchev–Trinajstić information content (AvgIpc) is 2.61. The summed E-state index contributed by atoms with van der Waals surface area (Å²) in [5.74, 6) is 1.43. The first-order valence-electron chi connectivity index (χ1n) is 8.19. The quantitative estimate of drug-likeness (QED) is 0.270. The molecule has 0 atom stereocenters. The number of pyridine rings is 1. The Kier molecular flexibility index (Phi) is 10.7. The molecule has 2 rings (SSSR count). The molecule has 8 heteroatoms. The first-order chi connectivity index (χ1) is 11.3. The topological polar surface area (TPSA) is 85.0 Å². The molecule has 0 amide bonds. The van der Waals surface area contributed by atoms with Crippen LogP contribution in [0.1, 0.15) is 18.9 Å². The number of nitrogens with two attached hydrogens (primary N) is 1. The number of hydrogen-bond donors (Lipinski definition) is 2. The van der Waals surface area contributed by atoms with E-state index in [1.807, 2.05) is 25.3 Å². The first kappa shape index (κ1) is 20.9. The number of guanidine groups is 1. The SMILES string of the molecule is CCOCCCNC(N)=NCc1cccnc1N1CCOCC1.I. The largest absolute Gasteiger partial charge is 0.382 e. The van der Waals surface area contributed by atoms with Crippen LogP contribution in [0.4, 0.5) is 5.82 Å². The third-order valence-electron chi connectivity index (χ3n) is 3.57. The van der Waals surface area contributed by atoms with Crippen molar-refractivity contribution in [1.29, 1.82) is 0 Å². The van der Waals surface area contributed by atoms with Gasteiger partial charge in [0, 0.05) is 44.6 Å². The van der Waals surface area contributed by atoms with Gasteiger partial charge in [-0.25, -0.2) is 9.98 Å². The van der Waals surface area contributed by atoms with Gasteiger partial charge in [-0.05, 0) is 19.4 Å². The van der Waals surface area contributed by atoms with Gasteiger partial charge in [0.25, 0.3) is 0 Å². The second-order valence-electron chi connectivity index (χ2n) is 5.26. The Balaban J connectivity index is 0.00000288. The molecule has 0 bridgehead atoms. The second kappa shape index (κ2) is 12.3. The summed E-state index contributed by atoms with van der Waals surface area (Å²) < 4.78 is 10.7. The Hall–Kier alpha value is -1.13. The van der Waals surface area contributed by atoms with Crippen LogP contribution in [0.2, 0.25) is 0 Å². The maximum atomic E-state index is 5.91. The van der Waals surface area contributed by atoms with Crippen molar-refractivity contribution in [3.05, 3.63) is 23.9 Å². The van der Waals surface area contributed by atoms with Gasteiger partial charge in [-0.3, -0.25) is 0 Å². The van der Waals surface area contributed by atoms with Gasteiger partial charge >= 0.3 is 0 Å². The Morgan fingerprint density at radius 2 is 2.25 bits per heavy atom. The van der Waals surface area contributed by atoms with Gasteiger partial charge < -0.3 is 25.4 Å². The fourth-order valence-corrected chi connectivity index (χ4v) is 2.37. The Labute approximate surface area is 161 Å². The van der Waals surface area contributed by atoms with Gasteiger partial charge in [-0.2, -0.15) is 0 Å². The lowest BCUT2D eigenvalue weighted by Crippen LogP contribution is -2.37. The van der Waals surface area contributed by atoms with E-state index in [2.05, 4.69) is 20.2 Å². The number of aliphatic imine (C=N–C) groups is 1. The molecule has 24 heavy (non-hydrogen) atoms. The van der Waals surface area contributed by atoms with Crippen LogP contribution in [0.5, 0.6) is 0 Å². The lowest BCUT2D eigenvalue weighted by Gasteiger charge is -2.29. The highest BCUT2D eigenvalue weighted by Gasteiger charge is 2.15. The molecular weight excluding hydrogens is 421 g/mol. The number of aromatic nitrogens is 1. The molecule has 0 radical (unpaired) electrons. The summed E-state index contributed by atoms with van der Waals surface area (Å²) in [5.41, 5.74) is 6.99. The van der Waals surface area contributed by atoms with E-state index >= 15 is 0 Å². The molecule has 136 valence electrons. The van der Waals surface area contributed by atoms with Gasteiger partial charge in [0.1, 0.15) is 5.82 Å². The molecule has 0 saturated carbocycles. The van der Waals surface area contributed by atoms with E-state index in [0.29, 0.717) is 12.5 Å². The highest BCUT2D eigenvalue weighted by molar-refractivity contribution is 14.0. The van der Waals surface area contributed by atoms with Crippen LogP contribution in [0.15, 0.2) is 23.3 Å². The molecule has 1 fully saturated rings. The minimum atomic E-state index is 0. The predicted molar refractivity (Wildman–Crippen MR) is 107 cm³/mol. The minimum absolute atomic E-state index is 0. The van der Waals surface area contributed by atoms with E-state index in [4.69, 9.17) is 15.2 Å². The molecule has 1 aromatic heterocycles. The summed E-state index contributed by atoms with van der Waals surface area (Å²) in [6, 6.07) is 3.98. The van der Waals surface area contributed by atoms with Crippen molar-refractivity contribution >= 4 is 35.8 Å². The molecule has 0 aromatic carbocycles. The zero-order valence-corrected chi connectivity index (χ0v) is 16.6. The van der Waals surface area contributed by atoms with Crippen LogP contribution < -0.4 is 16.0 Å². The highest BCUT2D eigenvalue weighted by atomic mass is 127. The van der Waals surface area contributed by atoms with Gasteiger partial charge in [-0.1, -0.05) is 6.07 Å². The lowest BCUT2D eigenvalue weighted by molar-refractivity contribution is 0.122. The van der Waals surface area contributed by atoms with Crippen molar-refractivity contribution in [3.8, 4) is 0 Å². The number of nitrogens with zero attached hydrogens (tertiary/aromatic N) is 3. The van der Waals surface area contributed by atoms with Crippen LogP contribution in [-0.4, -0.2) is 57.0 Å². The number of rotatable bonds is 8. The molecule has 7 nitrogen and oxygen atoms in total. The van der Waals surface area contributed by atoms with Crippen molar-refractivity contribution in [2.75, 3.05) is 51.0 Å². The van der Waals surface area contributed by atoms with E-state index in [1.165, 1.54) is 0 Å². The number of anilines is 1. The maximum Gasteiger partial charge on any atom is 0.188 e. The smallest absolute Gasteiger partial charge is 0.188 e. The third-order valence-corrected chi connectivity index (χ3v) is 3.57. The number of nitrogens with one attached hydrogen (secondary N) is 1. The number of halogens is 1. The van der Waals surface area contributed by atoms with Crippen LogP contribution in [-0.2, 0) is 16.0 Å². The molecule has 0 spiro atoms. The summed E-state index contributed by atoms with van der Waals surface area (Å²) in [6.45, 7) is 7.95. The van der Waals surface area contributed by atoms with E-state index in [1.54, 1.807) is 0 Å². The van der Waals surface area contributed by atoms with Gasteiger partial charge in [0.05, 0.1) is 19.8 Å². The maximum absolute atomic E-state index is 5.91. The zero-order valence-electron chi connectivity index (χ0n) is 14.2. The number of hydrogen-bond acceptors (Lipinski definition) is 5. The van der Waals surface area contributed by atoms with Crippen molar-refractivity contribution in [2.24, 2.45) is 10.7 Å². The van der Waals surface area contributed by atoms with Crippen LogP contribution in [0, 0.1) is 0 Å². The van der Waals surface area contributed by atoms with Gasteiger partial charge in [0.15, 0.2) is 5.96 Å². The minimum Gasteiger partial charge on any atom is -0.382 e. The summed E-state index contributed by atoms with van der Waals surface area (Å²) in [5, 5.41) is 3.10. The fourth-order valence-electron chi connectivity index (χ4n) is 2.37. The fraction of sp³-hybridized carbons (Fsp3) is 0.625. The van der Waals surface area contributed by atoms with Crippen molar-refractivity contribution in [3.63, 3.8) is 0 Å². The molecule has 1 saturated heterocycles. The van der Waals surface area contributed by atoms with Crippen LogP contribution >= 0.6 is 24.0 Å². The van der Waals surface area contributed by atoms with Crippen LogP contribution in [0.25, 0.3) is 0 Å². The van der Waals surface area contributed by atoms with E-state index in [-0.39, 0.29) is 24.0 Å². The summed E-state index contributed by atoms with van der Waals surface area (Å²) >= 11 is 0. The number of morpholine rings is 1. The Morgan fingerprint density at radius 3 is 3.00 bits per heavy atom. The van der Waals surface area contributed by atoms with Crippen LogP contribution in [0.3, 0.4) is 0 Å². The molecule has 2 heterocycles.